The van der Waals surface area contributed by atoms with E-state index in [0.717, 1.165) is 22.0 Å². The van der Waals surface area contributed by atoms with E-state index in [4.69, 9.17) is 17.0 Å². The lowest BCUT2D eigenvalue weighted by Crippen LogP contribution is -2.39. The smallest absolute Gasteiger partial charge is 0.253 e. The van der Waals surface area contributed by atoms with Crippen LogP contribution in [0.2, 0.25) is 0 Å². The molecule has 0 saturated heterocycles. The van der Waals surface area contributed by atoms with Crippen molar-refractivity contribution < 1.29 is 9.13 Å². The molecule has 4 rings (SSSR count). The molecule has 1 aromatic heterocycles. The monoisotopic (exact) mass is 461 g/mol. The van der Waals surface area contributed by atoms with Gasteiger partial charge in [-0.3, -0.25) is 4.79 Å². The summed E-state index contributed by atoms with van der Waals surface area (Å²) in [6.07, 6.45) is 0. The topological polar surface area (TPSA) is 57.4 Å². The number of benzene rings is 3. The lowest BCUT2D eigenvalue weighted by Gasteiger charge is -2.26. The first-order valence-electron chi connectivity index (χ1n) is 10.5. The number of thiocarbonyl (C=S) groups is 1. The Balaban J connectivity index is 1.60. The summed E-state index contributed by atoms with van der Waals surface area (Å²) in [7, 11) is 1.61. The minimum absolute atomic E-state index is 0.178. The third kappa shape index (κ3) is 5.75. The first kappa shape index (κ1) is 22.5. The van der Waals surface area contributed by atoms with Gasteiger partial charge in [0.25, 0.3) is 5.56 Å². The Morgan fingerprint density at radius 1 is 1.00 bits per heavy atom. The quantitative estimate of drug-likeness (QED) is 0.389. The van der Waals surface area contributed by atoms with Gasteiger partial charge in [-0.05, 0) is 59.7 Å². The van der Waals surface area contributed by atoms with Crippen molar-refractivity contribution in [1.29, 1.82) is 0 Å². The number of ether oxygens (including phenoxy) is 1. The maximum Gasteiger partial charge on any atom is 0.253 e. The summed E-state index contributed by atoms with van der Waals surface area (Å²) in [4.78, 5) is 17.6. The van der Waals surface area contributed by atoms with Crippen molar-refractivity contribution in [3.8, 4) is 5.75 Å². The lowest BCUT2D eigenvalue weighted by atomic mass is 10.1. The molecule has 0 fully saturated rings. The van der Waals surface area contributed by atoms with Gasteiger partial charge in [0.05, 0.1) is 13.7 Å². The summed E-state index contributed by atoms with van der Waals surface area (Å²) in [6, 6.07) is 23.6. The van der Waals surface area contributed by atoms with Gasteiger partial charge in [-0.1, -0.05) is 42.5 Å². The van der Waals surface area contributed by atoms with Crippen molar-refractivity contribution in [2.75, 3.05) is 7.11 Å². The maximum atomic E-state index is 13.4. The number of H-pyrrole nitrogens is 1. The molecule has 4 aromatic rings. The van der Waals surface area contributed by atoms with Crippen molar-refractivity contribution in [2.24, 2.45) is 0 Å². The van der Waals surface area contributed by atoms with Crippen LogP contribution < -0.4 is 15.6 Å². The van der Waals surface area contributed by atoms with Gasteiger partial charge < -0.3 is 19.9 Å². The highest BCUT2D eigenvalue weighted by Gasteiger charge is 2.14. The molecular weight excluding hydrogens is 437 g/mol. The molecule has 0 atom stereocenters. The van der Waals surface area contributed by atoms with Gasteiger partial charge in [-0.25, -0.2) is 4.39 Å². The summed E-state index contributed by atoms with van der Waals surface area (Å²) in [5, 5.41) is 4.65. The number of aromatic amines is 1. The fraction of sp³-hybridized carbons (Fsp3) is 0.154. The number of nitrogens with one attached hydrogen (secondary N) is 2. The standard InChI is InChI=1S/C26H24FN3O2S/c1-32-23-11-12-24-20(14-23)13-21(25(31)29-24)17-30(16-19-7-9-22(27)10-8-19)26(33)28-15-18-5-3-2-4-6-18/h2-14H,15-17H2,1H3,(H,28,33)(H,29,31). The van der Waals surface area contributed by atoms with E-state index in [2.05, 4.69) is 10.3 Å². The molecule has 7 heteroatoms. The van der Waals surface area contributed by atoms with E-state index >= 15 is 0 Å². The van der Waals surface area contributed by atoms with Crippen LogP contribution in [0.1, 0.15) is 16.7 Å². The molecule has 2 N–H and O–H groups in total. The van der Waals surface area contributed by atoms with E-state index in [1.165, 1.54) is 12.1 Å². The van der Waals surface area contributed by atoms with Gasteiger partial charge in [0.15, 0.2) is 5.11 Å². The van der Waals surface area contributed by atoms with Gasteiger partial charge in [0.2, 0.25) is 0 Å². The van der Waals surface area contributed by atoms with Gasteiger partial charge in [0.1, 0.15) is 11.6 Å². The Labute approximate surface area is 196 Å². The number of aromatic nitrogens is 1. The third-order valence-electron chi connectivity index (χ3n) is 5.35. The van der Waals surface area contributed by atoms with E-state index in [9.17, 15) is 9.18 Å². The van der Waals surface area contributed by atoms with E-state index in [-0.39, 0.29) is 11.4 Å². The van der Waals surface area contributed by atoms with Crippen LogP contribution in [-0.4, -0.2) is 22.1 Å². The second-order valence-corrected chi connectivity index (χ2v) is 8.09. The first-order valence-corrected chi connectivity index (χ1v) is 10.9. The molecule has 0 aliphatic rings. The van der Waals surface area contributed by atoms with Crippen LogP contribution in [0, 0.1) is 5.82 Å². The summed E-state index contributed by atoms with van der Waals surface area (Å²) in [5.41, 5.74) is 3.11. The molecule has 5 nitrogen and oxygen atoms in total. The molecule has 168 valence electrons. The summed E-state index contributed by atoms with van der Waals surface area (Å²) < 4.78 is 18.7. The number of rotatable bonds is 7. The molecule has 0 saturated carbocycles. The van der Waals surface area contributed by atoms with Gasteiger partial charge in [-0.2, -0.15) is 0 Å². The fourth-order valence-corrected chi connectivity index (χ4v) is 3.78. The van der Waals surface area contributed by atoms with Crippen molar-refractivity contribution in [3.63, 3.8) is 0 Å². The van der Waals surface area contributed by atoms with Crippen molar-refractivity contribution >= 4 is 28.2 Å². The molecule has 0 spiro atoms. The van der Waals surface area contributed by atoms with Crippen LogP contribution in [0.5, 0.6) is 5.75 Å². The lowest BCUT2D eigenvalue weighted by molar-refractivity contribution is 0.397. The molecule has 0 bridgehead atoms. The minimum atomic E-state index is -0.296. The second kappa shape index (κ2) is 10.3. The fourth-order valence-electron chi connectivity index (χ4n) is 3.58. The zero-order chi connectivity index (χ0) is 23.2. The summed E-state index contributed by atoms with van der Waals surface area (Å²) >= 11 is 5.69. The van der Waals surface area contributed by atoms with E-state index in [1.807, 2.05) is 53.4 Å². The number of methoxy groups -OCH3 is 1. The Bertz CT molecular complexity index is 1310. The van der Waals surface area contributed by atoms with E-state index in [0.29, 0.717) is 36.1 Å². The predicted octanol–water partition coefficient (Wildman–Crippen LogP) is 4.75. The van der Waals surface area contributed by atoms with Gasteiger partial charge in [0, 0.05) is 29.6 Å². The Kier molecular flexibility index (Phi) is 7.00. The molecule has 1 heterocycles. The van der Waals surface area contributed by atoms with Crippen LogP contribution >= 0.6 is 12.2 Å². The molecule has 0 amide bonds. The molecular formula is C26H24FN3O2S. The number of halogens is 1. The van der Waals surface area contributed by atoms with Gasteiger partial charge in [-0.15, -0.1) is 0 Å². The zero-order valence-corrected chi connectivity index (χ0v) is 19.0. The molecule has 0 radical (unpaired) electrons. The van der Waals surface area contributed by atoms with Gasteiger partial charge >= 0.3 is 0 Å². The highest BCUT2D eigenvalue weighted by Crippen LogP contribution is 2.20. The van der Waals surface area contributed by atoms with E-state index < -0.39 is 0 Å². The Morgan fingerprint density at radius 3 is 2.48 bits per heavy atom. The SMILES string of the molecule is COc1ccc2[nH]c(=O)c(CN(Cc3ccc(F)cc3)C(=S)NCc3ccccc3)cc2c1. The van der Waals surface area contributed by atoms with Crippen molar-refractivity contribution in [3.05, 3.63) is 112 Å². The van der Waals surface area contributed by atoms with Crippen molar-refractivity contribution in [2.45, 2.75) is 19.6 Å². The third-order valence-corrected chi connectivity index (χ3v) is 5.75. The van der Waals surface area contributed by atoms with Crippen molar-refractivity contribution in [1.82, 2.24) is 15.2 Å². The Hall–Kier alpha value is -3.71. The molecule has 0 unspecified atom stereocenters. The summed E-state index contributed by atoms with van der Waals surface area (Å²) in [6.45, 7) is 1.28. The van der Waals surface area contributed by atoms with Crippen LogP contribution in [0.3, 0.4) is 0 Å². The average Bonchev–Trinajstić information content (AvgIpc) is 2.84. The predicted molar refractivity (Wildman–Crippen MR) is 133 cm³/mol. The summed E-state index contributed by atoms with van der Waals surface area (Å²) in [5.74, 6) is 0.415. The number of hydrogen-bond acceptors (Lipinski definition) is 3. The number of hydrogen-bond donors (Lipinski definition) is 2. The first-order chi connectivity index (χ1) is 16.0. The molecule has 3 aromatic carbocycles. The highest BCUT2D eigenvalue weighted by atomic mass is 32.1. The van der Waals surface area contributed by atoms with Crippen LogP contribution in [0.4, 0.5) is 4.39 Å². The largest absolute Gasteiger partial charge is 0.497 e. The number of nitrogens with zero attached hydrogens (tertiary/aromatic N) is 1. The zero-order valence-electron chi connectivity index (χ0n) is 18.2. The second-order valence-electron chi connectivity index (χ2n) is 7.70. The normalized spacial score (nSPS) is 10.7. The minimum Gasteiger partial charge on any atom is -0.497 e. The molecule has 0 aliphatic carbocycles. The van der Waals surface area contributed by atoms with Crippen LogP contribution in [-0.2, 0) is 19.6 Å². The number of pyridine rings is 1. The van der Waals surface area contributed by atoms with E-state index in [1.54, 1.807) is 25.3 Å². The Morgan fingerprint density at radius 2 is 1.76 bits per heavy atom. The number of fused-ring (bicyclic) bond motifs is 1. The maximum absolute atomic E-state index is 13.4. The van der Waals surface area contributed by atoms with Crippen LogP contribution in [0.25, 0.3) is 10.9 Å². The average molecular weight is 462 g/mol. The van der Waals surface area contributed by atoms with Crippen LogP contribution in [0.15, 0.2) is 83.7 Å². The highest BCUT2D eigenvalue weighted by molar-refractivity contribution is 7.80. The molecule has 33 heavy (non-hydrogen) atoms. The molecule has 0 aliphatic heterocycles.